The molecule has 1 aromatic carbocycles. The predicted octanol–water partition coefficient (Wildman–Crippen LogP) is 2.82. The number of phenols is 1. The van der Waals surface area contributed by atoms with Gasteiger partial charge in [-0.25, -0.2) is 0 Å². The summed E-state index contributed by atoms with van der Waals surface area (Å²) in [6.07, 6.45) is 5.93. The van der Waals surface area contributed by atoms with Crippen LogP contribution >= 0.6 is 0 Å². The Bertz CT molecular complexity index is 399. The van der Waals surface area contributed by atoms with Crippen LogP contribution in [0.25, 0.3) is 0 Å². The molecular formula is C16H24O4. The van der Waals surface area contributed by atoms with E-state index in [2.05, 4.69) is 12.2 Å². The lowest BCUT2D eigenvalue weighted by molar-refractivity contribution is 0.174. The van der Waals surface area contributed by atoms with Gasteiger partial charge >= 0.3 is 0 Å². The van der Waals surface area contributed by atoms with Gasteiger partial charge in [-0.2, -0.15) is 0 Å². The van der Waals surface area contributed by atoms with Crippen molar-refractivity contribution < 1.29 is 19.3 Å². The predicted molar refractivity (Wildman–Crippen MR) is 78.9 cm³/mol. The molecule has 1 rings (SSSR count). The van der Waals surface area contributed by atoms with Crippen molar-refractivity contribution in [2.75, 3.05) is 27.9 Å². The fourth-order valence-corrected chi connectivity index (χ4v) is 2.00. The Hall–Kier alpha value is -1.36. The molecule has 0 aliphatic heterocycles. The second-order valence-electron chi connectivity index (χ2n) is 4.59. The highest BCUT2D eigenvalue weighted by molar-refractivity contribution is 5.43. The van der Waals surface area contributed by atoms with Crippen LogP contribution in [0.15, 0.2) is 24.3 Å². The third-order valence-electron chi connectivity index (χ3n) is 2.94. The highest BCUT2D eigenvalue weighted by Gasteiger charge is 2.09. The van der Waals surface area contributed by atoms with Crippen LogP contribution in [0.1, 0.15) is 23.1 Å². The Morgan fingerprint density at radius 3 is 2.05 bits per heavy atom. The minimum absolute atomic E-state index is 0.265. The number of hydrogen-bond acceptors (Lipinski definition) is 4. The maximum Gasteiger partial charge on any atom is 0.126 e. The smallest absolute Gasteiger partial charge is 0.126 e. The molecule has 0 radical (unpaired) electrons. The minimum atomic E-state index is 0.265. The first-order chi connectivity index (χ1) is 9.72. The highest BCUT2D eigenvalue weighted by atomic mass is 16.5. The first kappa shape index (κ1) is 16.7. The molecule has 4 heteroatoms. The fraction of sp³-hybridized carbons (Fsp3) is 0.500. The molecule has 0 fully saturated rings. The summed E-state index contributed by atoms with van der Waals surface area (Å²) in [5, 5.41) is 10.1. The number of allylic oxidation sites excluding steroid dienone is 1. The van der Waals surface area contributed by atoms with E-state index in [0.717, 1.165) is 36.1 Å². The SMILES string of the molecule is COCC/C=C/Cc1cc(COC)c(O)c(COC)c1. The molecule has 0 bridgehead atoms. The second kappa shape index (κ2) is 9.53. The van der Waals surface area contributed by atoms with E-state index >= 15 is 0 Å². The molecule has 0 saturated heterocycles. The van der Waals surface area contributed by atoms with Crippen LogP contribution in [0.4, 0.5) is 0 Å². The monoisotopic (exact) mass is 280 g/mol. The first-order valence-corrected chi connectivity index (χ1v) is 6.68. The molecule has 0 atom stereocenters. The number of ether oxygens (including phenoxy) is 3. The van der Waals surface area contributed by atoms with Gasteiger partial charge in [-0.05, 0) is 30.5 Å². The zero-order chi connectivity index (χ0) is 14.8. The van der Waals surface area contributed by atoms with Gasteiger partial charge in [0, 0.05) is 39.1 Å². The number of hydrogen-bond donors (Lipinski definition) is 1. The van der Waals surface area contributed by atoms with E-state index in [4.69, 9.17) is 14.2 Å². The number of phenolic OH excluding ortho intramolecular Hbond substituents is 1. The Balaban J connectivity index is 2.81. The van der Waals surface area contributed by atoms with Crippen LogP contribution in [-0.4, -0.2) is 33.0 Å². The van der Waals surface area contributed by atoms with Crippen molar-refractivity contribution >= 4 is 0 Å². The molecule has 0 unspecified atom stereocenters. The summed E-state index contributed by atoms with van der Waals surface area (Å²) >= 11 is 0. The number of benzene rings is 1. The molecule has 20 heavy (non-hydrogen) atoms. The van der Waals surface area contributed by atoms with Gasteiger partial charge in [-0.1, -0.05) is 12.2 Å². The normalized spacial score (nSPS) is 11.3. The largest absolute Gasteiger partial charge is 0.507 e. The van der Waals surface area contributed by atoms with Gasteiger partial charge in [0.15, 0.2) is 0 Å². The van der Waals surface area contributed by atoms with Crippen molar-refractivity contribution in [1.82, 2.24) is 0 Å². The summed E-state index contributed by atoms with van der Waals surface area (Å²) in [5.74, 6) is 0.265. The van der Waals surface area contributed by atoms with Crippen molar-refractivity contribution in [1.29, 1.82) is 0 Å². The van der Waals surface area contributed by atoms with Crippen LogP contribution in [0.2, 0.25) is 0 Å². The summed E-state index contributed by atoms with van der Waals surface area (Å²) in [5.41, 5.74) is 2.72. The molecule has 0 amide bonds. The Morgan fingerprint density at radius 1 is 0.950 bits per heavy atom. The average Bonchev–Trinajstić information content (AvgIpc) is 2.44. The van der Waals surface area contributed by atoms with Gasteiger partial charge in [-0.15, -0.1) is 0 Å². The number of methoxy groups -OCH3 is 3. The quantitative estimate of drug-likeness (QED) is 0.558. The van der Waals surface area contributed by atoms with E-state index in [1.165, 1.54) is 0 Å². The topological polar surface area (TPSA) is 47.9 Å². The molecule has 0 spiro atoms. The summed E-state index contributed by atoms with van der Waals surface area (Å²) < 4.78 is 15.2. The van der Waals surface area contributed by atoms with E-state index in [1.807, 2.05) is 12.1 Å². The molecule has 0 aromatic heterocycles. The highest BCUT2D eigenvalue weighted by Crippen LogP contribution is 2.26. The molecular weight excluding hydrogens is 256 g/mol. The third-order valence-corrected chi connectivity index (χ3v) is 2.94. The zero-order valence-electron chi connectivity index (χ0n) is 12.5. The third kappa shape index (κ3) is 5.33. The van der Waals surface area contributed by atoms with Gasteiger partial charge in [0.05, 0.1) is 13.2 Å². The number of rotatable bonds is 9. The van der Waals surface area contributed by atoms with E-state index in [1.54, 1.807) is 21.3 Å². The van der Waals surface area contributed by atoms with E-state index in [9.17, 15) is 5.11 Å². The maximum absolute atomic E-state index is 10.1. The van der Waals surface area contributed by atoms with Gasteiger partial charge < -0.3 is 19.3 Å². The molecule has 0 aliphatic rings. The fourth-order valence-electron chi connectivity index (χ4n) is 2.00. The van der Waals surface area contributed by atoms with Crippen LogP contribution in [0.5, 0.6) is 5.75 Å². The molecule has 0 saturated carbocycles. The molecule has 112 valence electrons. The minimum Gasteiger partial charge on any atom is -0.507 e. The lowest BCUT2D eigenvalue weighted by atomic mass is 10.0. The van der Waals surface area contributed by atoms with E-state index in [-0.39, 0.29) is 5.75 Å². The van der Waals surface area contributed by atoms with Gasteiger partial charge in [0.2, 0.25) is 0 Å². The van der Waals surface area contributed by atoms with Crippen LogP contribution in [0, 0.1) is 0 Å². The summed E-state index contributed by atoms with van der Waals surface area (Å²) in [7, 11) is 4.93. The summed E-state index contributed by atoms with van der Waals surface area (Å²) in [4.78, 5) is 0. The van der Waals surface area contributed by atoms with E-state index in [0.29, 0.717) is 13.2 Å². The van der Waals surface area contributed by atoms with Crippen LogP contribution in [-0.2, 0) is 33.8 Å². The van der Waals surface area contributed by atoms with E-state index < -0.39 is 0 Å². The van der Waals surface area contributed by atoms with Crippen molar-refractivity contribution in [2.45, 2.75) is 26.1 Å². The molecule has 1 aromatic rings. The first-order valence-electron chi connectivity index (χ1n) is 6.68. The number of aromatic hydroxyl groups is 1. The molecule has 0 aliphatic carbocycles. The lowest BCUT2D eigenvalue weighted by Crippen LogP contribution is -1.98. The Kier molecular flexibility index (Phi) is 7.95. The average molecular weight is 280 g/mol. The van der Waals surface area contributed by atoms with Crippen molar-refractivity contribution in [3.8, 4) is 5.75 Å². The van der Waals surface area contributed by atoms with Gasteiger partial charge in [-0.3, -0.25) is 0 Å². The van der Waals surface area contributed by atoms with Gasteiger partial charge in [0.25, 0.3) is 0 Å². The van der Waals surface area contributed by atoms with Crippen molar-refractivity contribution in [2.24, 2.45) is 0 Å². The van der Waals surface area contributed by atoms with Crippen LogP contribution < -0.4 is 0 Å². The molecule has 0 heterocycles. The van der Waals surface area contributed by atoms with Crippen molar-refractivity contribution in [3.63, 3.8) is 0 Å². The maximum atomic E-state index is 10.1. The second-order valence-corrected chi connectivity index (χ2v) is 4.59. The zero-order valence-corrected chi connectivity index (χ0v) is 12.5. The molecule has 1 N–H and O–H groups in total. The molecule has 4 nitrogen and oxygen atoms in total. The Morgan fingerprint density at radius 2 is 1.55 bits per heavy atom. The Labute approximate surface area is 121 Å². The van der Waals surface area contributed by atoms with Crippen molar-refractivity contribution in [3.05, 3.63) is 41.0 Å². The van der Waals surface area contributed by atoms with Gasteiger partial charge in [0.1, 0.15) is 5.75 Å². The lowest BCUT2D eigenvalue weighted by Gasteiger charge is -2.11. The summed E-state index contributed by atoms with van der Waals surface area (Å²) in [6, 6.07) is 3.94. The summed E-state index contributed by atoms with van der Waals surface area (Å²) in [6.45, 7) is 1.52. The van der Waals surface area contributed by atoms with Crippen LogP contribution in [0.3, 0.4) is 0 Å². The standard InChI is InChI=1S/C16H24O4/c1-18-8-6-4-5-7-13-9-14(11-19-2)16(17)15(10-13)12-20-3/h4-5,9-10,17H,6-8,11-12H2,1-3H3/b5-4+.